The molecule has 2 aromatic rings. The smallest absolute Gasteiger partial charge is 0.321 e. The molecule has 1 unspecified atom stereocenters. The Morgan fingerprint density at radius 3 is 2.67 bits per heavy atom. The summed E-state index contributed by atoms with van der Waals surface area (Å²) in [5, 5.41) is 4.89. The van der Waals surface area contributed by atoms with Gasteiger partial charge < -0.3 is 9.88 Å². The van der Waals surface area contributed by atoms with Gasteiger partial charge in [0, 0.05) is 13.0 Å². The topological polar surface area (TPSA) is 76.0 Å². The number of carbonyl (C=O) groups excluding carboxylic acids is 2. The van der Waals surface area contributed by atoms with Crippen molar-refractivity contribution in [2.24, 2.45) is 0 Å². The lowest BCUT2D eigenvalue weighted by Crippen LogP contribution is -2.42. The van der Waals surface area contributed by atoms with Crippen LogP contribution >= 0.6 is 0 Å². The predicted octanol–water partition coefficient (Wildman–Crippen LogP) is 2.01. The Morgan fingerprint density at radius 1 is 1.29 bits per heavy atom. The molecule has 1 atom stereocenters. The minimum absolute atomic E-state index is 0.348. The van der Waals surface area contributed by atoms with Crippen LogP contribution < -0.4 is 10.6 Å². The second kappa shape index (κ2) is 6.39. The second-order valence-electron chi connectivity index (χ2n) is 4.76. The molecule has 2 rings (SSSR count). The number of amides is 3. The third kappa shape index (κ3) is 3.04. The summed E-state index contributed by atoms with van der Waals surface area (Å²) >= 11 is 0. The molecule has 1 aromatic carbocycles. The van der Waals surface area contributed by atoms with E-state index in [1.807, 2.05) is 35.8 Å². The van der Waals surface area contributed by atoms with Gasteiger partial charge in [0.05, 0.1) is 11.0 Å². The SMILES string of the molecule is CCNC(=O)NC(=O)C(C)n1c(CC)nc2ccccc21. The molecule has 3 amide bonds. The van der Waals surface area contributed by atoms with E-state index in [1.165, 1.54) is 0 Å². The number of aromatic nitrogens is 2. The third-order valence-corrected chi connectivity index (χ3v) is 3.33. The molecule has 0 spiro atoms. The number of carbonyl (C=O) groups is 2. The normalized spacial score (nSPS) is 12.1. The summed E-state index contributed by atoms with van der Waals surface area (Å²) in [5.74, 6) is 0.480. The van der Waals surface area contributed by atoms with Crippen LogP contribution in [0.1, 0.15) is 32.6 Å². The highest BCUT2D eigenvalue weighted by Gasteiger charge is 2.21. The lowest BCUT2D eigenvalue weighted by molar-refractivity contribution is -0.122. The molecule has 0 fully saturated rings. The molecule has 0 saturated carbocycles. The molecule has 0 radical (unpaired) electrons. The van der Waals surface area contributed by atoms with Gasteiger partial charge in [-0.3, -0.25) is 10.1 Å². The van der Waals surface area contributed by atoms with Crippen LogP contribution in [0.5, 0.6) is 0 Å². The number of benzene rings is 1. The first kappa shape index (κ1) is 15.0. The van der Waals surface area contributed by atoms with Gasteiger partial charge in [0.25, 0.3) is 5.91 Å². The average Bonchev–Trinajstić information content (AvgIpc) is 2.84. The number of imide groups is 1. The van der Waals surface area contributed by atoms with Gasteiger partial charge >= 0.3 is 6.03 Å². The molecule has 21 heavy (non-hydrogen) atoms. The summed E-state index contributed by atoms with van der Waals surface area (Å²) in [6, 6.07) is 6.69. The standard InChI is InChI=1S/C15H20N4O2/c1-4-13-17-11-8-6-7-9-12(11)19(13)10(3)14(20)18-15(21)16-5-2/h6-10H,4-5H2,1-3H3,(H2,16,18,20,21). The minimum atomic E-state index is -0.505. The highest BCUT2D eigenvalue weighted by Crippen LogP contribution is 2.21. The van der Waals surface area contributed by atoms with Crippen LogP contribution in [0, 0.1) is 0 Å². The van der Waals surface area contributed by atoms with Crippen LogP contribution in [0.3, 0.4) is 0 Å². The third-order valence-electron chi connectivity index (χ3n) is 3.33. The largest absolute Gasteiger partial charge is 0.338 e. The van der Waals surface area contributed by atoms with Crippen molar-refractivity contribution in [1.82, 2.24) is 20.2 Å². The number of aryl methyl sites for hydroxylation is 1. The predicted molar refractivity (Wildman–Crippen MR) is 81.0 cm³/mol. The monoisotopic (exact) mass is 288 g/mol. The van der Waals surface area contributed by atoms with E-state index in [-0.39, 0.29) is 5.91 Å². The van der Waals surface area contributed by atoms with E-state index in [2.05, 4.69) is 15.6 Å². The Bertz CT molecular complexity index is 663. The fourth-order valence-corrected chi connectivity index (χ4v) is 2.31. The molecule has 0 saturated heterocycles. The zero-order chi connectivity index (χ0) is 15.4. The maximum absolute atomic E-state index is 12.2. The summed E-state index contributed by atoms with van der Waals surface area (Å²) in [5.41, 5.74) is 1.75. The van der Waals surface area contributed by atoms with Crippen molar-refractivity contribution >= 4 is 23.0 Å². The molecular weight excluding hydrogens is 268 g/mol. The number of hydrogen-bond acceptors (Lipinski definition) is 3. The summed E-state index contributed by atoms with van der Waals surface area (Å²) in [6.45, 7) is 6.03. The summed E-state index contributed by atoms with van der Waals surface area (Å²) in [4.78, 5) is 28.2. The van der Waals surface area contributed by atoms with E-state index in [1.54, 1.807) is 13.8 Å². The van der Waals surface area contributed by atoms with Crippen molar-refractivity contribution in [2.75, 3.05) is 6.54 Å². The first-order valence-corrected chi connectivity index (χ1v) is 7.13. The molecule has 0 aliphatic carbocycles. The van der Waals surface area contributed by atoms with Gasteiger partial charge in [-0.25, -0.2) is 9.78 Å². The molecule has 6 heteroatoms. The molecule has 2 N–H and O–H groups in total. The number of rotatable bonds is 4. The molecule has 1 aromatic heterocycles. The maximum Gasteiger partial charge on any atom is 0.321 e. The Morgan fingerprint density at radius 2 is 2.00 bits per heavy atom. The van der Waals surface area contributed by atoms with Crippen molar-refractivity contribution in [1.29, 1.82) is 0 Å². The van der Waals surface area contributed by atoms with Crippen molar-refractivity contribution in [3.63, 3.8) is 0 Å². The maximum atomic E-state index is 12.2. The summed E-state index contributed by atoms with van der Waals surface area (Å²) < 4.78 is 1.88. The van der Waals surface area contributed by atoms with Gasteiger partial charge in [-0.2, -0.15) is 0 Å². The van der Waals surface area contributed by atoms with Gasteiger partial charge in [-0.15, -0.1) is 0 Å². The van der Waals surface area contributed by atoms with Crippen molar-refractivity contribution in [2.45, 2.75) is 33.2 Å². The van der Waals surface area contributed by atoms with Gasteiger partial charge in [-0.05, 0) is 26.0 Å². The number of urea groups is 1. The van der Waals surface area contributed by atoms with Crippen LogP contribution in [-0.4, -0.2) is 28.0 Å². The first-order valence-electron chi connectivity index (χ1n) is 7.13. The van der Waals surface area contributed by atoms with Crippen LogP contribution in [0.4, 0.5) is 4.79 Å². The Kier molecular flexibility index (Phi) is 4.57. The number of nitrogens with one attached hydrogen (secondary N) is 2. The van der Waals surface area contributed by atoms with Crippen molar-refractivity contribution in [3.8, 4) is 0 Å². The minimum Gasteiger partial charge on any atom is -0.338 e. The quantitative estimate of drug-likeness (QED) is 0.903. The molecule has 6 nitrogen and oxygen atoms in total. The molecule has 1 heterocycles. The van der Waals surface area contributed by atoms with Crippen molar-refractivity contribution in [3.05, 3.63) is 30.1 Å². The number of hydrogen-bond donors (Lipinski definition) is 2. The Balaban J connectivity index is 2.32. The number of fused-ring (bicyclic) bond motifs is 1. The molecule has 0 bridgehead atoms. The van der Waals surface area contributed by atoms with E-state index in [4.69, 9.17) is 0 Å². The number of para-hydroxylation sites is 2. The van der Waals surface area contributed by atoms with E-state index >= 15 is 0 Å². The van der Waals surface area contributed by atoms with E-state index in [0.29, 0.717) is 13.0 Å². The zero-order valence-corrected chi connectivity index (χ0v) is 12.5. The summed E-state index contributed by atoms with van der Waals surface area (Å²) in [7, 11) is 0. The second-order valence-corrected chi connectivity index (χ2v) is 4.76. The van der Waals surface area contributed by atoms with Gasteiger partial charge in [-0.1, -0.05) is 19.1 Å². The lowest BCUT2D eigenvalue weighted by atomic mass is 10.2. The Hall–Kier alpha value is -2.37. The number of imidazole rings is 1. The van der Waals surface area contributed by atoms with Crippen LogP contribution in [0.15, 0.2) is 24.3 Å². The van der Waals surface area contributed by atoms with Gasteiger partial charge in [0.1, 0.15) is 11.9 Å². The Labute approximate surface area is 123 Å². The zero-order valence-electron chi connectivity index (χ0n) is 12.5. The van der Waals surface area contributed by atoms with Gasteiger partial charge in [0.15, 0.2) is 0 Å². The van der Waals surface area contributed by atoms with Crippen LogP contribution in [-0.2, 0) is 11.2 Å². The van der Waals surface area contributed by atoms with E-state index in [9.17, 15) is 9.59 Å². The first-order chi connectivity index (χ1) is 10.1. The van der Waals surface area contributed by atoms with Crippen molar-refractivity contribution < 1.29 is 9.59 Å². The molecule has 0 aliphatic rings. The average molecular weight is 288 g/mol. The molecule has 112 valence electrons. The molecular formula is C15H20N4O2. The summed E-state index contributed by atoms with van der Waals surface area (Å²) in [6.07, 6.45) is 0.716. The molecule has 0 aliphatic heterocycles. The van der Waals surface area contributed by atoms with Crippen LogP contribution in [0.25, 0.3) is 11.0 Å². The van der Waals surface area contributed by atoms with Gasteiger partial charge in [0.2, 0.25) is 0 Å². The van der Waals surface area contributed by atoms with Crippen LogP contribution in [0.2, 0.25) is 0 Å². The highest BCUT2D eigenvalue weighted by atomic mass is 16.2. The lowest BCUT2D eigenvalue weighted by Gasteiger charge is -2.16. The highest BCUT2D eigenvalue weighted by molar-refractivity contribution is 5.96. The number of nitrogens with zero attached hydrogens (tertiary/aromatic N) is 2. The fraction of sp³-hybridized carbons (Fsp3) is 0.400. The van der Waals surface area contributed by atoms with E-state index < -0.39 is 12.1 Å². The fourth-order valence-electron chi connectivity index (χ4n) is 2.31. The van der Waals surface area contributed by atoms with E-state index in [0.717, 1.165) is 16.9 Å².